The van der Waals surface area contributed by atoms with Crippen molar-refractivity contribution in [2.75, 3.05) is 4.72 Å². The Morgan fingerprint density at radius 2 is 1.75 bits per heavy atom. The maximum Gasteiger partial charge on any atom is 0.266 e. The minimum absolute atomic E-state index is 0.0789. The number of sulfonamides is 1. The number of anilines is 1. The number of halogens is 1. The van der Waals surface area contributed by atoms with Gasteiger partial charge in [0.15, 0.2) is 0 Å². The molecule has 0 amide bonds. The summed E-state index contributed by atoms with van der Waals surface area (Å²) in [5.41, 5.74) is 2.49. The second-order valence-corrected chi connectivity index (χ2v) is 9.12. The molecule has 0 bridgehead atoms. The molecule has 5 aromatic rings. The van der Waals surface area contributed by atoms with Crippen LogP contribution in [0, 0.1) is 6.92 Å². The molecular weight excluding hydrogens is 450 g/mol. The number of nitrogens with one attached hydrogen (secondary N) is 1. The molecule has 0 aliphatic heterocycles. The van der Waals surface area contributed by atoms with Crippen molar-refractivity contribution in [1.82, 2.24) is 19.6 Å². The first kappa shape index (κ1) is 20.2. The molecular formula is C22H16ClN5O3S. The molecule has 160 valence electrons. The largest absolute Gasteiger partial charge is 0.436 e. The van der Waals surface area contributed by atoms with Crippen LogP contribution in [0.5, 0.6) is 11.6 Å². The number of ether oxygens (including phenoxy) is 1. The topological polar surface area (TPSA) is 98.5 Å². The highest BCUT2D eigenvalue weighted by atomic mass is 35.5. The molecule has 0 saturated heterocycles. The average Bonchev–Trinajstić information content (AvgIpc) is 3.17. The molecule has 0 spiro atoms. The van der Waals surface area contributed by atoms with Gasteiger partial charge in [-0.05, 0) is 61.5 Å². The highest BCUT2D eigenvalue weighted by Gasteiger charge is 2.16. The van der Waals surface area contributed by atoms with Crippen LogP contribution in [0.25, 0.3) is 16.7 Å². The van der Waals surface area contributed by atoms with Crippen LogP contribution < -0.4 is 9.46 Å². The van der Waals surface area contributed by atoms with Crippen LogP contribution in [-0.4, -0.2) is 28.0 Å². The van der Waals surface area contributed by atoms with E-state index in [9.17, 15) is 8.42 Å². The van der Waals surface area contributed by atoms with Crippen molar-refractivity contribution in [3.05, 3.63) is 83.6 Å². The molecule has 32 heavy (non-hydrogen) atoms. The Labute approximate surface area is 188 Å². The summed E-state index contributed by atoms with van der Waals surface area (Å²) in [7, 11) is -3.77. The van der Waals surface area contributed by atoms with Gasteiger partial charge in [-0.1, -0.05) is 29.8 Å². The summed E-state index contributed by atoms with van der Waals surface area (Å²) in [5.74, 6) is 1.49. The van der Waals surface area contributed by atoms with E-state index >= 15 is 0 Å². The summed E-state index contributed by atoms with van der Waals surface area (Å²) in [6.07, 6.45) is 0. The first-order valence-electron chi connectivity index (χ1n) is 9.57. The van der Waals surface area contributed by atoms with Gasteiger partial charge in [-0.15, -0.1) is 10.2 Å². The van der Waals surface area contributed by atoms with Gasteiger partial charge in [0.2, 0.25) is 5.65 Å². The van der Waals surface area contributed by atoms with E-state index in [-0.39, 0.29) is 4.90 Å². The van der Waals surface area contributed by atoms with Gasteiger partial charge in [-0.3, -0.25) is 9.12 Å². The lowest BCUT2D eigenvalue weighted by molar-refractivity contribution is 0.467. The number of nitrogens with zero attached hydrogens (tertiary/aromatic N) is 4. The predicted octanol–water partition coefficient (Wildman–Crippen LogP) is 4.83. The van der Waals surface area contributed by atoms with Gasteiger partial charge in [0.1, 0.15) is 11.6 Å². The fourth-order valence-electron chi connectivity index (χ4n) is 3.32. The van der Waals surface area contributed by atoms with Gasteiger partial charge >= 0.3 is 0 Å². The van der Waals surface area contributed by atoms with E-state index in [0.717, 1.165) is 11.0 Å². The molecule has 0 aliphatic rings. The third kappa shape index (κ3) is 3.72. The summed E-state index contributed by atoms with van der Waals surface area (Å²) in [6, 6.07) is 20.2. The van der Waals surface area contributed by atoms with E-state index < -0.39 is 10.0 Å². The van der Waals surface area contributed by atoms with Crippen molar-refractivity contribution in [1.29, 1.82) is 0 Å². The van der Waals surface area contributed by atoms with Crippen LogP contribution >= 0.6 is 11.6 Å². The zero-order valence-electron chi connectivity index (χ0n) is 16.7. The molecule has 0 unspecified atom stereocenters. The predicted molar refractivity (Wildman–Crippen MR) is 122 cm³/mol. The van der Waals surface area contributed by atoms with Crippen LogP contribution in [0.1, 0.15) is 5.82 Å². The molecule has 10 heteroatoms. The number of aromatic nitrogens is 4. The summed E-state index contributed by atoms with van der Waals surface area (Å²) in [4.78, 5) is 4.65. The Balaban J connectivity index is 1.43. The van der Waals surface area contributed by atoms with Gasteiger partial charge in [-0.2, -0.15) is 0 Å². The third-order valence-corrected chi connectivity index (χ3v) is 6.40. The molecule has 0 radical (unpaired) electrons. The highest BCUT2D eigenvalue weighted by molar-refractivity contribution is 7.92. The first-order valence-corrected chi connectivity index (χ1v) is 11.4. The normalized spacial score (nSPS) is 11.7. The Bertz CT molecular complexity index is 1570. The van der Waals surface area contributed by atoms with E-state index in [1.807, 2.05) is 35.6 Å². The second kappa shape index (κ2) is 7.77. The third-order valence-electron chi connectivity index (χ3n) is 4.79. The zero-order valence-corrected chi connectivity index (χ0v) is 18.3. The molecule has 8 nitrogen and oxygen atoms in total. The molecule has 0 aliphatic carbocycles. The number of rotatable bonds is 5. The van der Waals surface area contributed by atoms with Gasteiger partial charge in [0.05, 0.1) is 15.9 Å². The zero-order chi connectivity index (χ0) is 22.3. The van der Waals surface area contributed by atoms with Crippen molar-refractivity contribution in [2.24, 2.45) is 0 Å². The van der Waals surface area contributed by atoms with Crippen molar-refractivity contribution in [2.45, 2.75) is 11.8 Å². The van der Waals surface area contributed by atoms with E-state index in [0.29, 0.717) is 33.8 Å². The maximum absolute atomic E-state index is 12.6. The van der Waals surface area contributed by atoms with Crippen molar-refractivity contribution < 1.29 is 13.2 Å². The monoisotopic (exact) mass is 465 g/mol. The quantitative estimate of drug-likeness (QED) is 0.399. The summed E-state index contributed by atoms with van der Waals surface area (Å²) in [6.45, 7) is 1.86. The number of hydrogen-bond donors (Lipinski definition) is 1. The lowest BCUT2D eigenvalue weighted by atomic mass is 10.3. The van der Waals surface area contributed by atoms with E-state index in [1.54, 1.807) is 36.4 Å². The number of para-hydroxylation sites is 2. The standard InChI is InChI=1S/C22H16ClN5O3S/c1-14-25-26-21-22(24-19-7-2-3-8-20(19)28(14)21)31-17-11-9-16(10-12-17)27-32(29,30)18-6-4-5-15(23)13-18/h2-13,27H,1H3. The Kier molecular flexibility index (Phi) is 4.91. The molecule has 2 aromatic heterocycles. The Morgan fingerprint density at radius 1 is 0.969 bits per heavy atom. The number of fused-ring (bicyclic) bond motifs is 3. The Hall–Kier alpha value is -3.69. The van der Waals surface area contributed by atoms with Gasteiger partial charge in [0.25, 0.3) is 15.9 Å². The smallest absolute Gasteiger partial charge is 0.266 e. The fourth-order valence-corrected chi connectivity index (χ4v) is 4.67. The molecule has 3 aromatic carbocycles. The lowest BCUT2D eigenvalue weighted by Gasteiger charge is -2.11. The van der Waals surface area contributed by atoms with Gasteiger partial charge < -0.3 is 4.74 Å². The minimum Gasteiger partial charge on any atom is -0.436 e. The summed E-state index contributed by atoms with van der Waals surface area (Å²) >= 11 is 5.91. The molecule has 2 heterocycles. The van der Waals surface area contributed by atoms with E-state index in [2.05, 4.69) is 19.9 Å². The highest BCUT2D eigenvalue weighted by Crippen LogP contribution is 2.28. The van der Waals surface area contributed by atoms with E-state index in [1.165, 1.54) is 12.1 Å². The van der Waals surface area contributed by atoms with Crippen LogP contribution in [-0.2, 0) is 10.0 Å². The van der Waals surface area contributed by atoms with Crippen LogP contribution in [0.15, 0.2) is 77.7 Å². The number of hydrogen-bond acceptors (Lipinski definition) is 6. The van der Waals surface area contributed by atoms with Crippen LogP contribution in [0.3, 0.4) is 0 Å². The SMILES string of the molecule is Cc1nnc2c(Oc3ccc(NS(=O)(=O)c4cccc(Cl)c4)cc3)nc3ccccc3n12. The molecule has 0 saturated carbocycles. The number of benzene rings is 3. The molecule has 1 N–H and O–H groups in total. The average molecular weight is 466 g/mol. The molecule has 0 atom stereocenters. The first-order chi connectivity index (χ1) is 15.4. The van der Waals surface area contributed by atoms with E-state index in [4.69, 9.17) is 16.3 Å². The summed E-state index contributed by atoms with van der Waals surface area (Å²) in [5, 5.41) is 8.68. The second-order valence-electron chi connectivity index (χ2n) is 7.00. The van der Waals surface area contributed by atoms with Gasteiger partial charge in [-0.25, -0.2) is 13.4 Å². The van der Waals surface area contributed by atoms with Gasteiger partial charge in [0, 0.05) is 10.7 Å². The van der Waals surface area contributed by atoms with Crippen molar-refractivity contribution >= 4 is 44.0 Å². The molecule has 0 fully saturated rings. The van der Waals surface area contributed by atoms with Crippen LogP contribution in [0.4, 0.5) is 5.69 Å². The minimum atomic E-state index is -3.77. The summed E-state index contributed by atoms with van der Waals surface area (Å²) < 4.78 is 35.5. The fraction of sp³-hybridized carbons (Fsp3) is 0.0455. The maximum atomic E-state index is 12.6. The lowest BCUT2D eigenvalue weighted by Crippen LogP contribution is -2.12. The van der Waals surface area contributed by atoms with Crippen molar-refractivity contribution in [3.63, 3.8) is 0 Å². The number of aryl methyl sites for hydroxylation is 1. The van der Waals surface area contributed by atoms with Crippen molar-refractivity contribution in [3.8, 4) is 11.6 Å². The Morgan fingerprint density at radius 3 is 2.53 bits per heavy atom. The molecule has 5 rings (SSSR count). The van der Waals surface area contributed by atoms with Crippen LogP contribution in [0.2, 0.25) is 5.02 Å².